The van der Waals surface area contributed by atoms with Crippen LogP contribution in [-0.2, 0) is 14.6 Å². The molecular formula is C10H22N2O3S. The van der Waals surface area contributed by atoms with Gasteiger partial charge in [-0.05, 0) is 12.3 Å². The molecule has 6 heteroatoms. The van der Waals surface area contributed by atoms with Gasteiger partial charge in [-0.1, -0.05) is 20.8 Å². The van der Waals surface area contributed by atoms with Gasteiger partial charge in [0, 0.05) is 12.3 Å². The van der Waals surface area contributed by atoms with Gasteiger partial charge < -0.3 is 11.1 Å². The first-order valence-corrected chi connectivity index (χ1v) is 7.23. The minimum atomic E-state index is -3.09. The molecule has 0 heterocycles. The van der Waals surface area contributed by atoms with Crippen molar-refractivity contribution >= 4 is 15.7 Å². The molecule has 0 bridgehead atoms. The van der Waals surface area contributed by atoms with Gasteiger partial charge in [0.15, 0.2) is 0 Å². The lowest BCUT2D eigenvalue weighted by atomic mass is 9.87. The van der Waals surface area contributed by atoms with Gasteiger partial charge in [0.1, 0.15) is 9.84 Å². The van der Waals surface area contributed by atoms with E-state index in [9.17, 15) is 13.2 Å². The Kier molecular flexibility index (Phi) is 4.94. The molecule has 5 nitrogen and oxygen atoms in total. The topological polar surface area (TPSA) is 89.3 Å². The van der Waals surface area contributed by atoms with Crippen molar-refractivity contribution in [3.63, 3.8) is 0 Å². The third-order valence-electron chi connectivity index (χ3n) is 2.16. The smallest absolute Gasteiger partial charge is 0.237 e. The number of amides is 1. The summed E-state index contributed by atoms with van der Waals surface area (Å²) in [5.41, 5.74) is 5.41. The van der Waals surface area contributed by atoms with Crippen molar-refractivity contribution in [1.82, 2.24) is 5.32 Å². The molecule has 0 rings (SSSR count). The lowest BCUT2D eigenvalue weighted by Crippen LogP contribution is -2.51. The Labute approximate surface area is 97.7 Å². The molecule has 1 unspecified atom stereocenters. The van der Waals surface area contributed by atoms with E-state index in [4.69, 9.17) is 5.73 Å². The molecule has 0 aliphatic heterocycles. The SMILES string of the molecule is CC(CS(C)(=O)=O)NC(=O)[C@@H](N)C(C)(C)C. The summed E-state index contributed by atoms with van der Waals surface area (Å²) in [6, 6.07) is -1.06. The molecule has 0 fully saturated rings. The second-order valence-corrected chi connectivity index (χ2v) is 7.53. The van der Waals surface area contributed by atoms with E-state index in [1.165, 1.54) is 0 Å². The molecule has 0 aromatic heterocycles. The molecule has 3 N–H and O–H groups in total. The van der Waals surface area contributed by atoms with E-state index < -0.39 is 21.9 Å². The van der Waals surface area contributed by atoms with Crippen LogP contribution in [0.5, 0.6) is 0 Å². The molecule has 0 aromatic rings. The summed E-state index contributed by atoms with van der Waals surface area (Å²) in [4.78, 5) is 11.7. The van der Waals surface area contributed by atoms with Gasteiger partial charge in [0.05, 0.1) is 11.8 Å². The van der Waals surface area contributed by atoms with Crippen LogP contribution in [0.15, 0.2) is 0 Å². The zero-order valence-corrected chi connectivity index (χ0v) is 11.4. The third-order valence-corrected chi connectivity index (χ3v) is 3.26. The summed E-state index contributed by atoms with van der Waals surface area (Å²) in [6.45, 7) is 7.23. The van der Waals surface area contributed by atoms with Crippen LogP contribution < -0.4 is 11.1 Å². The van der Waals surface area contributed by atoms with Crippen molar-refractivity contribution < 1.29 is 13.2 Å². The molecule has 0 spiro atoms. The van der Waals surface area contributed by atoms with E-state index >= 15 is 0 Å². The quantitative estimate of drug-likeness (QED) is 0.729. The van der Waals surface area contributed by atoms with Crippen LogP contribution in [0.2, 0.25) is 0 Å². The molecular weight excluding hydrogens is 228 g/mol. The summed E-state index contributed by atoms with van der Waals surface area (Å²) in [6.07, 6.45) is 1.14. The Morgan fingerprint density at radius 3 is 2.12 bits per heavy atom. The molecule has 0 saturated heterocycles. The molecule has 0 saturated carbocycles. The minimum absolute atomic E-state index is 0.0738. The van der Waals surface area contributed by atoms with Gasteiger partial charge in [-0.3, -0.25) is 4.79 Å². The molecule has 96 valence electrons. The van der Waals surface area contributed by atoms with Crippen molar-refractivity contribution in [2.24, 2.45) is 11.1 Å². The molecule has 0 aromatic carbocycles. The summed E-state index contributed by atoms with van der Waals surface area (Å²) in [5.74, 6) is -0.390. The zero-order chi connectivity index (χ0) is 13.1. The Morgan fingerprint density at radius 2 is 1.81 bits per heavy atom. The normalized spacial score (nSPS) is 16.6. The maximum absolute atomic E-state index is 11.7. The zero-order valence-electron chi connectivity index (χ0n) is 10.6. The van der Waals surface area contributed by atoms with Gasteiger partial charge in [-0.15, -0.1) is 0 Å². The average Bonchev–Trinajstić information content (AvgIpc) is 1.96. The third kappa shape index (κ3) is 6.07. The average molecular weight is 250 g/mol. The molecule has 0 radical (unpaired) electrons. The second-order valence-electron chi connectivity index (χ2n) is 5.35. The van der Waals surface area contributed by atoms with Crippen molar-refractivity contribution in [3.05, 3.63) is 0 Å². The number of hydrogen-bond acceptors (Lipinski definition) is 4. The van der Waals surface area contributed by atoms with Gasteiger partial charge in [-0.2, -0.15) is 0 Å². The van der Waals surface area contributed by atoms with Gasteiger partial charge in [0.25, 0.3) is 0 Å². The van der Waals surface area contributed by atoms with Crippen molar-refractivity contribution in [2.45, 2.75) is 39.8 Å². The predicted molar refractivity (Wildman–Crippen MR) is 64.7 cm³/mol. The number of nitrogens with two attached hydrogens (primary N) is 1. The summed E-state index contributed by atoms with van der Waals surface area (Å²) < 4.78 is 22.0. The monoisotopic (exact) mass is 250 g/mol. The van der Waals surface area contributed by atoms with E-state index in [-0.39, 0.29) is 17.1 Å². The van der Waals surface area contributed by atoms with Gasteiger partial charge in [-0.25, -0.2) is 8.42 Å². The van der Waals surface area contributed by atoms with Crippen LogP contribution in [0.1, 0.15) is 27.7 Å². The Morgan fingerprint density at radius 1 is 1.38 bits per heavy atom. The first-order valence-electron chi connectivity index (χ1n) is 5.17. The number of rotatable bonds is 4. The first-order chi connectivity index (χ1) is 6.93. The van der Waals surface area contributed by atoms with Crippen LogP contribution in [-0.4, -0.2) is 38.4 Å². The number of hydrogen-bond donors (Lipinski definition) is 2. The molecule has 2 atom stereocenters. The molecule has 16 heavy (non-hydrogen) atoms. The van der Waals surface area contributed by atoms with Crippen LogP contribution >= 0.6 is 0 Å². The Hall–Kier alpha value is -0.620. The number of carbonyl (C=O) groups is 1. The van der Waals surface area contributed by atoms with Crippen molar-refractivity contribution in [3.8, 4) is 0 Å². The summed E-state index contributed by atoms with van der Waals surface area (Å²) in [7, 11) is -3.09. The molecule has 0 aliphatic rings. The number of carbonyl (C=O) groups excluding carboxylic acids is 1. The van der Waals surface area contributed by atoms with Crippen LogP contribution in [0, 0.1) is 5.41 Å². The van der Waals surface area contributed by atoms with E-state index in [1.54, 1.807) is 6.92 Å². The van der Waals surface area contributed by atoms with Crippen LogP contribution in [0.3, 0.4) is 0 Å². The van der Waals surface area contributed by atoms with E-state index in [2.05, 4.69) is 5.32 Å². The minimum Gasteiger partial charge on any atom is -0.351 e. The van der Waals surface area contributed by atoms with Crippen molar-refractivity contribution in [2.75, 3.05) is 12.0 Å². The number of sulfone groups is 1. The highest BCUT2D eigenvalue weighted by molar-refractivity contribution is 7.90. The van der Waals surface area contributed by atoms with Gasteiger partial charge in [0.2, 0.25) is 5.91 Å². The molecule has 0 aliphatic carbocycles. The Balaban J connectivity index is 4.37. The predicted octanol–water partition coefficient (Wildman–Crippen LogP) is -0.0909. The highest BCUT2D eigenvalue weighted by Crippen LogP contribution is 2.17. The maximum Gasteiger partial charge on any atom is 0.237 e. The van der Waals surface area contributed by atoms with Crippen LogP contribution in [0.4, 0.5) is 0 Å². The van der Waals surface area contributed by atoms with Gasteiger partial charge >= 0.3 is 0 Å². The second kappa shape index (κ2) is 5.14. The van der Waals surface area contributed by atoms with Crippen molar-refractivity contribution in [1.29, 1.82) is 0 Å². The largest absolute Gasteiger partial charge is 0.351 e. The fourth-order valence-corrected chi connectivity index (χ4v) is 2.21. The lowest BCUT2D eigenvalue weighted by Gasteiger charge is -2.27. The molecule has 1 amide bonds. The first kappa shape index (κ1) is 15.4. The highest BCUT2D eigenvalue weighted by atomic mass is 32.2. The maximum atomic E-state index is 11.7. The highest BCUT2D eigenvalue weighted by Gasteiger charge is 2.28. The standard InChI is InChI=1S/C10H22N2O3S/c1-7(6-16(5,14)15)12-9(13)8(11)10(2,3)4/h7-8H,6,11H2,1-5H3,(H,12,13)/t7?,8-/m1/s1. The van der Waals surface area contributed by atoms with Crippen LogP contribution in [0.25, 0.3) is 0 Å². The lowest BCUT2D eigenvalue weighted by molar-refractivity contribution is -0.124. The Bertz CT molecular complexity index is 344. The summed E-state index contributed by atoms with van der Waals surface area (Å²) in [5, 5.41) is 2.60. The summed E-state index contributed by atoms with van der Waals surface area (Å²) >= 11 is 0. The van der Waals surface area contributed by atoms with E-state index in [1.807, 2.05) is 20.8 Å². The van der Waals surface area contributed by atoms with E-state index in [0.29, 0.717) is 0 Å². The fourth-order valence-electron chi connectivity index (χ4n) is 1.22. The number of nitrogens with one attached hydrogen (secondary N) is 1. The fraction of sp³-hybridized carbons (Fsp3) is 0.900. The van der Waals surface area contributed by atoms with E-state index in [0.717, 1.165) is 6.26 Å².